The Kier molecular flexibility index (Phi) is 2.55. The Labute approximate surface area is 88.3 Å². The molecule has 0 atom stereocenters. The van der Waals surface area contributed by atoms with E-state index >= 15 is 0 Å². The van der Waals surface area contributed by atoms with Crippen LogP contribution in [0, 0.1) is 12.3 Å². The first-order valence-electron chi connectivity index (χ1n) is 4.85. The fourth-order valence-corrected chi connectivity index (χ4v) is 1.62. The molecule has 1 heterocycles. The first kappa shape index (κ1) is 9.54. The zero-order valence-corrected chi connectivity index (χ0v) is 8.29. The molecule has 1 aromatic heterocycles. The number of nitrogens with one attached hydrogen (secondary N) is 1. The lowest BCUT2D eigenvalue weighted by molar-refractivity contribution is 0.0986. The SMILES string of the molecule is C#CCCC(=O)c1c[nH]c2ccccc12. The van der Waals surface area contributed by atoms with E-state index in [1.807, 2.05) is 24.3 Å². The van der Waals surface area contributed by atoms with Crippen molar-refractivity contribution < 1.29 is 4.79 Å². The lowest BCUT2D eigenvalue weighted by atomic mass is 10.1. The molecule has 0 bridgehead atoms. The van der Waals surface area contributed by atoms with Gasteiger partial charge in [0.15, 0.2) is 5.78 Å². The number of aromatic nitrogens is 1. The molecule has 1 N–H and O–H groups in total. The molecule has 0 saturated carbocycles. The molecule has 2 rings (SSSR count). The Morgan fingerprint density at radius 3 is 3.00 bits per heavy atom. The van der Waals surface area contributed by atoms with Crippen molar-refractivity contribution in [2.45, 2.75) is 12.8 Å². The molecule has 2 nitrogen and oxygen atoms in total. The number of aromatic amines is 1. The van der Waals surface area contributed by atoms with Gasteiger partial charge in [0.05, 0.1) is 0 Å². The number of benzene rings is 1. The van der Waals surface area contributed by atoms with Crippen molar-refractivity contribution in [2.24, 2.45) is 0 Å². The third kappa shape index (κ3) is 1.77. The maximum absolute atomic E-state index is 11.8. The van der Waals surface area contributed by atoms with Crippen molar-refractivity contribution in [2.75, 3.05) is 0 Å². The molecule has 0 spiro atoms. The number of fused-ring (bicyclic) bond motifs is 1. The molecule has 0 aliphatic rings. The molecule has 15 heavy (non-hydrogen) atoms. The second-order valence-electron chi connectivity index (χ2n) is 3.38. The molecule has 0 radical (unpaired) electrons. The van der Waals surface area contributed by atoms with Gasteiger partial charge in [-0.15, -0.1) is 12.3 Å². The molecular formula is C13H11NO. The molecule has 1 aromatic carbocycles. The largest absolute Gasteiger partial charge is 0.360 e. The van der Waals surface area contributed by atoms with Crippen molar-refractivity contribution in [1.82, 2.24) is 4.98 Å². The number of Topliss-reactive ketones (excluding diaryl/α,β-unsaturated/α-hetero) is 1. The maximum atomic E-state index is 11.8. The second kappa shape index (κ2) is 4.02. The number of ketones is 1. The van der Waals surface area contributed by atoms with Gasteiger partial charge in [0, 0.05) is 35.5 Å². The second-order valence-corrected chi connectivity index (χ2v) is 3.38. The lowest BCUT2D eigenvalue weighted by Crippen LogP contribution is -1.96. The van der Waals surface area contributed by atoms with E-state index in [0.29, 0.717) is 12.8 Å². The van der Waals surface area contributed by atoms with Crippen LogP contribution in [0.15, 0.2) is 30.5 Å². The summed E-state index contributed by atoms with van der Waals surface area (Å²) in [6.45, 7) is 0. The Bertz CT molecular complexity index is 531. The van der Waals surface area contributed by atoms with Crippen LogP contribution in [-0.2, 0) is 0 Å². The number of carbonyl (C=O) groups excluding carboxylic acids is 1. The van der Waals surface area contributed by atoms with Gasteiger partial charge in [0.1, 0.15) is 0 Å². The zero-order chi connectivity index (χ0) is 10.7. The van der Waals surface area contributed by atoms with Crippen LogP contribution in [0.25, 0.3) is 10.9 Å². The number of carbonyl (C=O) groups is 1. The first-order chi connectivity index (χ1) is 7.33. The van der Waals surface area contributed by atoms with Gasteiger partial charge in [-0.1, -0.05) is 18.2 Å². The number of para-hydroxylation sites is 1. The minimum Gasteiger partial charge on any atom is -0.360 e. The zero-order valence-electron chi connectivity index (χ0n) is 8.29. The highest BCUT2D eigenvalue weighted by molar-refractivity contribution is 6.07. The number of hydrogen-bond acceptors (Lipinski definition) is 1. The summed E-state index contributed by atoms with van der Waals surface area (Å²) >= 11 is 0. The van der Waals surface area contributed by atoms with Gasteiger partial charge < -0.3 is 4.98 Å². The Morgan fingerprint density at radius 2 is 2.20 bits per heavy atom. The Morgan fingerprint density at radius 1 is 1.40 bits per heavy atom. The summed E-state index contributed by atoms with van der Waals surface area (Å²) in [5.41, 5.74) is 1.72. The predicted molar refractivity (Wildman–Crippen MR) is 60.7 cm³/mol. The van der Waals surface area contributed by atoms with Gasteiger partial charge in [-0.2, -0.15) is 0 Å². The van der Waals surface area contributed by atoms with Crippen LogP contribution in [0.3, 0.4) is 0 Å². The standard InChI is InChI=1S/C13H11NO/c1-2-3-8-13(15)11-9-14-12-7-5-4-6-10(11)12/h1,4-7,9,14H,3,8H2. The topological polar surface area (TPSA) is 32.9 Å². The van der Waals surface area contributed by atoms with Crippen LogP contribution in [0.1, 0.15) is 23.2 Å². The average molecular weight is 197 g/mol. The van der Waals surface area contributed by atoms with Crippen molar-refractivity contribution in [3.05, 3.63) is 36.0 Å². The highest BCUT2D eigenvalue weighted by Gasteiger charge is 2.10. The summed E-state index contributed by atoms with van der Waals surface area (Å²) in [6, 6.07) is 7.75. The molecule has 0 aliphatic carbocycles. The van der Waals surface area contributed by atoms with Crippen molar-refractivity contribution >= 4 is 16.7 Å². The highest BCUT2D eigenvalue weighted by Crippen LogP contribution is 2.19. The van der Waals surface area contributed by atoms with Gasteiger partial charge in [0.25, 0.3) is 0 Å². The molecule has 74 valence electrons. The predicted octanol–water partition coefficient (Wildman–Crippen LogP) is 2.76. The van der Waals surface area contributed by atoms with Crippen molar-refractivity contribution in [1.29, 1.82) is 0 Å². The summed E-state index contributed by atoms with van der Waals surface area (Å²) in [7, 11) is 0. The minimum atomic E-state index is 0.102. The van der Waals surface area contributed by atoms with Gasteiger partial charge in [0.2, 0.25) is 0 Å². The first-order valence-corrected chi connectivity index (χ1v) is 4.85. The van der Waals surface area contributed by atoms with Gasteiger partial charge in [-0.05, 0) is 6.07 Å². The van der Waals surface area contributed by atoms with E-state index in [4.69, 9.17) is 6.42 Å². The van der Waals surface area contributed by atoms with Crippen LogP contribution in [-0.4, -0.2) is 10.8 Å². The van der Waals surface area contributed by atoms with E-state index in [1.165, 1.54) is 0 Å². The number of terminal acetylenes is 1. The summed E-state index contributed by atoms with van der Waals surface area (Å²) in [4.78, 5) is 14.8. The van der Waals surface area contributed by atoms with Gasteiger partial charge >= 0.3 is 0 Å². The van der Waals surface area contributed by atoms with E-state index in [1.54, 1.807) is 6.20 Å². The molecule has 0 amide bonds. The van der Waals surface area contributed by atoms with Crippen LogP contribution < -0.4 is 0 Å². The fourth-order valence-electron chi connectivity index (χ4n) is 1.62. The summed E-state index contributed by atoms with van der Waals surface area (Å²) in [5.74, 6) is 2.58. The normalized spacial score (nSPS) is 10.1. The number of H-pyrrole nitrogens is 1. The maximum Gasteiger partial charge on any atom is 0.165 e. The van der Waals surface area contributed by atoms with Crippen LogP contribution in [0.2, 0.25) is 0 Å². The van der Waals surface area contributed by atoms with Crippen molar-refractivity contribution in [3.8, 4) is 12.3 Å². The van der Waals surface area contributed by atoms with Gasteiger partial charge in [-0.3, -0.25) is 4.79 Å². The van der Waals surface area contributed by atoms with Crippen molar-refractivity contribution in [3.63, 3.8) is 0 Å². The number of rotatable bonds is 3. The summed E-state index contributed by atoms with van der Waals surface area (Å²) in [5, 5.41) is 0.972. The van der Waals surface area contributed by atoms with E-state index in [-0.39, 0.29) is 5.78 Å². The van der Waals surface area contributed by atoms with Crippen LogP contribution in [0.4, 0.5) is 0 Å². The third-order valence-electron chi connectivity index (χ3n) is 2.39. The molecule has 0 saturated heterocycles. The smallest absolute Gasteiger partial charge is 0.165 e. The molecule has 0 aliphatic heterocycles. The fraction of sp³-hybridized carbons (Fsp3) is 0.154. The molecule has 0 fully saturated rings. The minimum absolute atomic E-state index is 0.102. The molecule has 0 unspecified atom stereocenters. The lowest BCUT2D eigenvalue weighted by Gasteiger charge is -1.95. The number of hydrogen-bond donors (Lipinski definition) is 1. The Hall–Kier alpha value is -2.01. The molecular weight excluding hydrogens is 186 g/mol. The van der Waals surface area contributed by atoms with E-state index in [9.17, 15) is 4.79 Å². The molecule has 2 heteroatoms. The van der Waals surface area contributed by atoms with Crippen LogP contribution in [0.5, 0.6) is 0 Å². The highest BCUT2D eigenvalue weighted by atomic mass is 16.1. The van der Waals surface area contributed by atoms with E-state index in [2.05, 4.69) is 10.9 Å². The average Bonchev–Trinajstić information content (AvgIpc) is 2.69. The Balaban J connectivity index is 2.36. The molecule has 2 aromatic rings. The summed E-state index contributed by atoms with van der Waals surface area (Å²) in [6.07, 6.45) is 7.80. The third-order valence-corrected chi connectivity index (χ3v) is 2.39. The van der Waals surface area contributed by atoms with E-state index in [0.717, 1.165) is 16.5 Å². The van der Waals surface area contributed by atoms with Crippen LogP contribution >= 0.6 is 0 Å². The van der Waals surface area contributed by atoms with E-state index < -0.39 is 0 Å². The van der Waals surface area contributed by atoms with Gasteiger partial charge in [-0.25, -0.2) is 0 Å². The monoisotopic (exact) mass is 197 g/mol. The quantitative estimate of drug-likeness (QED) is 0.595. The summed E-state index contributed by atoms with van der Waals surface area (Å²) < 4.78 is 0.